The van der Waals surface area contributed by atoms with Crippen molar-refractivity contribution in [1.29, 1.82) is 0 Å². The lowest BCUT2D eigenvalue weighted by Crippen LogP contribution is -2.24. The summed E-state index contributed by atoms with van der Waals surface area (Å²) in [6, 6.07) is 0. The molecule has 0 aliphatic carbocycles. The van der Waals surface area contributed by atoms with Crippen LogP contribution < -0.4 is 10.5 Å². The molecule has 82 valence electrons. The minimum absolute atomic E-state index is 0.0789. The molecule has 1 heterocycles. The molecule has 1 rings (SSSR count). The number of ether oxygens (including phenoxy) is 1. The summed E-state index contributed by atoms with van der Waals surface area (Å²) in [5.41, 5.74) is 5.31. The molecule has 0 spiro atoms. The average molecular weight is 210 g/mol. The fraction of sp³-hybridized carbons (Fsp3) is 0.444. The third kappa shape index (κ3) is 3.41. The Bertz CT molecular complexity index is 353. The maximum atomic E-state index is 8.41. The van der Waals surface area contributed by atoms with Crippen molar-refractivity contribution in [3.8, 4) is 5.88 Å². The number of hydrogen-bond acceptors (Lipinski definition) is 5. The van der Waals surface area contributed by atoms with E-state index < -0.39 is 0 Å². The Hall–Kier alpha value is -1.85. The van der Waals surface area contributed by atoms with Gasteiger partial charge in [0.05, 0.1) is 12.4 Å². The highest BCUT2D eigenvalue weighted by Gasteiger charge is 2.13. The molecule has 1 aromatic heterocycles. The second kappa shape index (κ2) is 4.12. The zero-order valence-electron chi connectivity index (χ0n) is 8.93. The van der Waals surface area contributed by atoms with Gasteiger partial charge in [-0.05, 0) is 20.8 Å². The monoisotopic (exact) mass is 210 g/mol. The van der Waals surface area contributed by atoms with Gasteiger partial charge in [0.2, 0.25) is 5.88 Å². The maximum Gasteiger partial charge on any atom is 0.232 e. The smallest absolute Gasteiger partial charge is 0.232 e. The molecule has 0 atom stereocenters. The normalized spacial score (nSPS) is 12.6. The SMILES string of the molecule is CC(C)(C)Oc1cnc(C(N)=NO)cn1. The fourth-order valence-corrected chi connectivity index (χ4v) is 0.866. The van der Waals surface area contributed by atoms with E-state index in [-0.39, 0.29) is 11.4 Å². The van der Waals surface area contributed by atoms with Gasteiger partial charge in [0.25, 0.3) is 0 Å². The van der Waals surface area contributed by atoms with Crippen LogP contribution in [-0.2, 0) is 0 Å². The first-order valence-electron chi connectivity index (χ1n) is 4.41. The Kier molecular flexibility index (Phi) is 3.08. The van der Waals surface area contributed by atoms with Gasteiger partial charge in [0.15, 0.2) is 5.84 Å². The summed E-state index contributed by atoms with van der Waals surface area (Å²) in [7, 11) is 0. The van der Waals surface area contributed by atoms with Gasteiger partial charge in [-0.3, -0.25) is 0 Å². The zero-order valence-corrected chi connectivity index (χ0v) is 8.93. The first-order valence-corrected chi connectivity index (χ1v) is 4.41. The van der Waals surface area contributed by atoms with E-state index in [1.165, 1.54) is 12.4 Å². The molecule has 0 amide bonds. The predicted molar refractivity (Wildman–Crippen MR) is 54.9 cm³/mol. The number of nitrogens with zero attached hydrogens (tertiary/aromatic N) is 3. The first-order chi connectivity index (χ1) is 6.92. The number of oxime groups is 1. The summed E-state index contributed by atoms with van der Waals surface area (Å²) < 4.78 is 5.45. The van der Waals surface area contributed by atoms with Crippen molar-refractivity contribution in [1.82, 2.24) is 9.97 Å². The summed E-state index contributed by atoms with van der Waals surface area (Å²) >= 11 is 0. The van der Waals surface area contributed by atoms with Crippen LogP contribution in [0.2, 0.25) is 0 Å². The molecule has 0 aliphatic rings. The van der Waals surface area contributed by atoms with Crippen molar-refractivity contribution >= 4 is 5.84 Å². The van der Waals surface area contributed by atoms with Gasteiger partial charge in [-0.15, -0.1) is 0 Å². The van der Waals surface area contributed by atoms with E-state index in [1.807, 2.05) is 20.8 Å². The van der Waals surface area contributed by atoms with E-state index >= 15 is 0 Å². The quantitative estimate of drug-likeness (QED) is 0.325. The van der Waals surface area contributed by atoms with Crippen LogP contribution in [0.1, 0.15) is 26.5 Å². The van der Waals surface area contributed by atoms with Crippen LogP contribution in [0.4, 0.5) is 0 Å². The molecule has 0 saturated carbocycles. The van der Waals surface area contributed by atoms with E-state index in [0.717, 1.165) is 0 Å². The van der Waals surface area contributed by atoms with Gasteiger partial charge in [0, 0.05) is 0 Å². The molecule has 15 heavy (non-hydrogen) atoms. The fourth-order valence-electron chi connectivity index (χ4n) is 0.866. The zero-order chi connectivity index (χ0) is 11.5. The Labute approximate surface area is 87.8 Å². The second-order valence-electron chi connectivity index (χ2n) is 3.94. The van der Waals surface area contributed by atoms with Crippen LogP contribution in [-0.4, -0.2) is 26.6 Å². The Morgan fingerprint density at radius 2 is 2.07 bits per heavy atom. The summed E-state index contributed by atoms with van der Waals surface area (Å²) in [4.78, 5) is 7.91. The maximum absolute atomic E-state index is 8.41. The van der Waals surface area contributed by atoms with Gasteiger partial charge < -0.3 is 15.7 Å². The number of aromatic nitrogens is 2. The molecule has 3 N–H and O–H groups in total. The van der Waals surface area contributed by atoms with Gasteiger partial charge in [-0.1, -0.05) is 5.16 Å². The summed E-state index contributed by atoms with van der Waals surface area (Å²) in [5, 5.41) is 11.2. The summed E-state index contributed by atoms with van der Waals surface area (Å²) in [6.45, 7) is 5.73. The highest BCUT2D eigenvalue weighted by Crippen LogP contribution is 2.13. The van der Waals surface area contributed by atoms with Crippen LogP contribution in [0.15, 0.2) is 17.5 Å². The van der Waals surface area contributed by atoms with Crippen molar-refractivity contribution < 1.29 is 9.94 Å². The molecule has 0 aromatic carbocycles. The molecule has 6 heteroatoms. The van der Waals surface area contributed by atoms with Crippen molar-refractivity contribution in [2.75, 3.05) is 0 Å². The van der Waals surface area contributed by atoms with Crippen LogP contribution in [0.3, 0.4) is 0 Å². The van der Waals surface area contributed by atoms with Crippen molar-refractivity contribution in [3.05, 3.63) is 18.1 Å². The molecular weight excluding hydrogens is 196 g/mol. The second-order valence-corrected chi connectivity index (χ2v) is 3.94. The molecule has 0 fully saturated rings. The first kappa shape index (κ1) is 11.2. The van der Waals surface area contributed by atoms with Crippen LogP contribution in [0.5, 0.6) is 5.88 Å². The van der Waals surface area contributed by atoms with Crippen molar-refractivity contribution in [2.45, 2.75) is 26.4 Å². The van der Waals surface area contributed by atoms with Gasteiger partial charge in [-0.2, -0.15) is 0 Å². The van der Waals surface area contributed by atoms with E-state index in [9.17, 15) is 0 Å². The number of hydrogen-bond donors (Lipinski definition) is 2. The predicted octanol–water partition coefficient (Wildman–Crippen LogP) is 0.748. The topological polar surface area (TPSA) is 93.6 Å². The minimum atomic E-state index is -0.327. The van der Waals surface area contributed by atoms with E-state index in [1.54, 1.807) is 0 Å². The Morgan fingerprint density at radius 1 is 1.40 bits per heavy atom. The molecule has 0 unspecified atom stereocenters. The molecule has 6 nitrogen and oxygen atoms in total. The molecule has 0 saturated heterocycles. The van der Waals surface area contributed by atoms with Crippen LogP contribution >= 0.6 is 0 Å². The summed E-state index contributed by atoms with van der Waals surface area (Å²) in [5.74, 6) is 0.321. The van der Waals surface area contributed by atoms with Crippen molar-refractivity contribution in [3.63, 3.8) is 0 Å². The minimum Gasteiger partial charge on any atom is -0.471 e. The lowest BCUT2D eigenvalue weighted by molar-refractivity contribution is 0.123. The van der Waals surface area contributed by atoms with Gasteiger partial charge >= 0.3 is 0 Å². The van der Waals surface area contributed by atoms with Crippen molar-refractivity contribution in [2.24, 2.45) is 10.9 Å². The average Bonchev–Trinajstić information content (AvgIpc) is 2.15. The Morgan fingerprint density at radius 3 is 2.47 bits per heavy atom. The number of rotatable bonds is 2. The van der Waals surface area contributed by atoms with Crippen LogP contribution in [0, 0.1) is 0 Å². The van der Waals surface area contributed by atoms with Crippen LogP contribution in [0.25, 0.3) is 0 Å². The third-order valence-corrected chi connectivity index (χ3v) is 1.41. The third-order valence-electron chi connectivity index (χ3n) is 1.41. The number of nitrogens with two attached hydrogens (primary N) is 1. The highest BCUT2D eigenvalue weighted by molar-refractivity contribution is 5.94. The van der Waals surface area contributed by atoms with E-state index in [4.69, 9.17) is 15.7 Å². The van der Waals surface area contributed by atoms with E-state index in [0.29, 0.717) is 11.6 Å². The number of amidine groups is 1. The van der Waals surface area contributed by atoms with E-state index in [2.05, 4.69) is 15.1 Å². The molecule has 0 aliphatic heterocycles. The lowest BCUT2D eigenvalue weighted by atomic mass is 10.2. The summed E-state index contributed by atoms with van der Waals surface area (Å²) in [6.07, 6.45) is 2.81. The van der Waals surface area contributed by atoms with Gasteiger partial charge in [0.1, 0.15) is 11.3 Å². The molecule has 1 aromatic rings. The highest BCUT2D eigenvalue weighted by atomic mass is 16.5. The molecule has 0 radical (unpaired) electrons. The van der Waals surface area contributed by atoms with Gasteiger partial charge in [-0.25, -0.2) is 9.97 Å². The lowest BCUT2D eigenvalue weighted by Gasteiger charge is -2.19. The standard InChI is InChI=1S/C9H14N4O2/c1-9(2,3)15-7-5-11-6(4-12-7)8(10)13-14/h4-5,14H,1-3H3,(H2,10,13). The largest absolute Gasteiger partial charge is 0.471 e. The molecular formula is C9H14N4O2. The molecule has 0 bridgehead atoms. The Balaban J connectivity index is 2.82.